The first kappa shape index (κ1) is 19.0. The van der Waals surface area contributed by atoms with Crippen molar-refractivity contribution in [2.75, 3.05) is 7.11 Å². The zero-order valence-electron chi connectivity index (χ0n) is 16.1. The Morgan fingerprint density at radius 1 is 1.03 bits per heavy atom. The number of nitrogens with zero attached hydrogens (tertiary/aromatic N) is 2. The first-order valence-corrected chi connectivity index (χ1v) is 9.25. The summed E-state index contributed by atoms with van der Waals surface area (Å²) in [6, 6.07) is 20.1. The van der Waals surface area contributed by atoms with Crippen LogP contribution in [0.2, 0.25) is 0 Å². The summed E-state index contributed by atoms with van der Waals surface area (Å²) in [6.45, 7) is 0. The Morgan fingerprint density at radius 3 is 2.60 bits per heavy atom. The number of pyridine rings is 1. The Balaban J connectivity index is 1.63. The number of hydrogen-bond acceptors (Lipinski definition) is 5. The van der Waals surface area contributed by atoms with E-state index in [4.69, 9.17) is 14.7 Å². The van der Waals surface area contributed by atoms with Crippen molar-refractivity contribution in [3.05, 3.63) is 94.8 Å². The van der Waals surface area contributed by atoms with Crippen LogP contribution in [0.4, 0.5) is 4.79 Å². The Labute approximate surface area is 174 Å². The Morgan fingerprint density at radius 2 is 1.80 bits per heavy atom. The number of hydrogen-bond donors (Lipinski definition) is 1. The van der Waals surface area contributed by atoms with Crippen LogP contribution in [0.25, 0.3) is 0 Å². The van der Waals surface area contributed by atoms with Crippen LogP contribution in [0.5, 0.6) is 5.75 Å². The number of cyclic esters (lactones) is 1. The van der Waals surface area contributed by atoms with Gasteiger partial charge in [0.15, 0.2) is 6.10 Å². The summed E-state index contributed by atoms with van der Waals surface area (Å²) in [7, 11) is 1.60. The molecule has 4 rings (SSSR count). The number of nitrogens with one attached hydrogen (secondary N) is 1. The van der Waals surface area contributed by atoms with Crippen LogP contribution in [-0.2, 0) is 4.74 Å². The second-order valence-electron chi connectivity index (χ2n) is 6.64. The van der Waals surface area contributed by atoms with E-state index in [1.165, 1.54) is 0 Å². The van der Waals surface area contributed by atoms with E-state index < -0.39 is 12.2 Å². The van der Waals surface area contributed by atoms with Gasteiger partial charge in [-0.3, -0.25) is 0 Å². The molecular formula is C24H17N3O3. The van der Waals surface area contributed by atoms with E-state index >= 15 is 0 Å². The zero-order chi connectivity index (χ0) is 20.9. The molecule has 0 bridgehead atoms. The summed E-state index contributed by atoms with van der Waals surface area (Å²) in [5.41, 5.74) is 3.54. The van der Waals surface area contributed by atoms with Crippen LogP contribution in [0.15, 0.2) is 66.9 Å². The van der Waals surface area contributed by atoms with E-state index in [0.29, 0.717) is 17.0 Å². The van der Waals surface area contributed by atoms with Crippen LogP contribution in [0.1, 0.15) is 40.1 Å². The first-order chi connectivity index (χ1) is 14.7. The van der Waals surface area contributed by atoms with E-state index in [9.17, 15) is 4.79 Å². The number of aromatic nitrogens is 1. The minimum Gasteiger partial charge on any atom is -0.497 e. The highest BCUT2D eigenvalue weighted by Gasteiger charge is 2.36. The lowest BCUT2D eigenvalue weighted by Gasteiger charge is -2.18. The fourth-order valence-corrected chi connectivity index (χ4v) is 3.28. The van der Waals surface area contributed by atoms with Gasteiger partial charge in [-0.25, -0.2) is 9.78 Å². The highest BCUT2D eigenvalue weighted by atomic mass is 16.6. The highest BCUT2D eigenvalue weighted by Crippen LogP contribution is 2.37. The number of ether oxygens (including phenoxy) is 2. The minimum atomic E-state index is -0.478. The molecule has 1 aromatic heterocycles. The van der Waals surface area contributed by atoms with Crippen LogP contribution >= 0.6 is 0 Å². The molecule has 2 aromatic carbocycles. The molecule has 2 atom stereocenters. The fourth-order valence-electron chi connectivity index (χ4n) is 3.28. The second-order valence-corrected chi connectivity index (χ2v) is 6.64. The minimum absolute atomic E-state index is 0.322. The summed E-state index contributed by atoms with van der Waals surface area (Å²) >= 11 is 0. The number of benzene rings is 2. The molecule has 1 amide bonds. The predicted octanol–water partition coefficient (Wildman–Crippen LogP) is 3.88. The number of carbonyl (C=O) groups excluding carboxylic acids is 1. The summed E-state index contributed by atoms with van der Waals surface area (Å²) in [4.78, 5) is 15.9. The monoisotopic (exact) mass is 395 g/mol. The number of carbonyl (C=O) groups is 1. The number of amides is 1. The summed E-state index contributed by atoms with van der Waals surface area (Å²) in [6.07, 6.45) is 0.614. The molecule has 146 valence electrons. The van der Waals surface area contributed by atoms with Crippen LogP contribution < -0.4 is 10.1 Å². The van der Waals surface area contributed by atoms with E-state index in [-0.39, 0.29) is 6.04 Å². The standard InChI is InChI=1S/C24H17N3O3/c1-29-21-7-3-6-19(14-21)23-22(27-24(28)30-23)18-5-2-4-16(12-18)8-9-17-10-11-26-20(13-17)15-25/h2-7,10-14,22-23H,1H3,(H,27,28)/t22-,23-/m1/s1. The van der Waals surface area contributed by atoms with Gasteiger partial charge in [-0.15, -0.1) is 0 Å². The maximum Gasteiger partial charge on any atom is 0.408 e. The van der Waals surface area contributed by atoms with Crippen molar-refractivity contribution in [3.8, 4) is 23.7 Å². The Kier molecular flexibility index (Phi) is 5.32. The van der Waals surface area contributed by atoms with Gasteiger partial charge < -0.3 is 14.8 Å². The molecule has 0 saturated carbocycles. The predicted molar refractivity (Wildman–Crippen MR) is 109 cm³/mol. The quantitative estimate of drug-likeness (QED) is 0.681. The van der Waals surface area contributed by atoms with Gasteiger partial charge in [0.25, 0.3) is 0 Å². The molecular weight excluding hydrogens is 378 g/mol. The lowest BCUT2D eigenvalue weighted by atomic mass is 9.95. The van der Waals surface area contributed by atoms with Gasteiger partial charge in [0.05, 0.1) is 13.2 Å². The third-order valence-electron chi connectivity index (χ3n) is 4.70. The molecule has 1 N–H and O–H groups in total. The van der Waals surface area contributed by atoms with Crippen molar-refractivity contribution in [2.45, 2.75) is 12.1 Å². The zero-order valence-corrected chi connectivity index (χ0v) is 16.1. The third-order valence-corrected chi connectivity index (χ3v) is 4.70. The smallest absolute Gasteiger partial charge is 0.408 e. The average molecular weight is 395 g/mol. The lowest BCUT2D eigenvalue weighted by Crippen LogP contribution is -2.19. The Bertz CT molecular complexity index is 1200. The molecule has 1 fully saturated rings. The fraction of sp³-hybridized carbons (Fsp3) is 0.125. The summed E-state index contributed by atoms with van der Waals surface area (Å²) < 4.78 is 10.8. The van der Waals surface area contributed by atoms with Gasteiger partial charge in [-0.1, -0.05) is 36.1 Å². The first-order valence-electron chi connectivity index (χ1n) is 9.25. The van der Waals surface area contributed by atoms with Gasteiger partial charge in [0, 0.05) is 17.3 Å². The van der Waals surface area contributed by atoms with Gasteiger partial charge in [0.2, 0.25) is 0 Å². The Hall–Kier alpha value is -4.29. The third kappa shape index (κ3) is 4.09. The molecule has 30 heavy (non-hydrogen) atoms. The largest absolute Gasteiger partial charge is 0.497 e. The van der Waals surface area contributed by atoms with E-state index in [0.717, 1.165) is 16.7 Å². The van der Waals surface area contributed by atoms with Crippen LogP contribution in [-0.4, -0.2) is 18.2 Å². The molecule has 0 unspecified atom stereocenters. The van der Waals surface area contributed by atoms with Crippen molar-refractivity contribution < 1.29 is 14.3 Å². The normalized spacial score (nSPS) is 17.1. The molecule has 1 aliphatic heterocycles. The van der Waals surface area contributed by atoms with Crippen LogP contribution in [0.3, 0.4) is 0 Å². The number of nitriles is 1. The summed E-state index contributed by atoms with van der Waals surface area (Å²) in [5, 5.41) is 11.8. The molecule has 0 radical (unpaired) electrons. The van der Waals surface area contributed by atoms with Crippen molar-refractivity contribution >= 4 is 6.09 Å². The number of alkyl carbamates (subject to hydrolysis) is 1. The molecule has 3 aromatic rings. The molecule has 1 aliphatic rings. The maximum absolute atomic E-state index is 12.0. The van der Waals surface area contributed by atoms with E-state index in [1.54, 1.807) is 25.4 Å². The number of rotatable bonds is 3. The van der Waals surface area contributed by atoms with Gasteiger partial charge in [-0.2, -0.15) is 5.26 Å². The summed E-state index contributed by atoms with van der Waals surface area (Å²) in [5.74, 6) is 6.84. The van der Waals surface area contributed by atoms with Crippen molar-refractivity contribution in [1.29, 1.82) is 5.26 Å². The molecule has 0 aliphatic carbocycles. The maximum atomic E-state index is 12.0. The van der Waals surface area contributed by atoms with Crippen molar-refractivity contribution in [2.24, 2.45) is 0 Å². The van der Waals surface area contributed by atoms with Crippen molar-refractivity contribution in [1.82, 2.24) is 10.3 Å². The molecule has 0 spiro atoms. The SMILES string of the molecule is COc1cccc([C@H]2OC(=O)N[C@@H]2c2cccc(C#Cc3ccnc(C#N)c3)c2)c1. The molecule has 6 heteroatoms. The second kappa shape index (κ2) is 8.38. The van der Waals surface area contributed by atoms with Gasteiger partial charge in [0.1, 0.15) is 17.5 Å². The topological polar surface area (TPSA) is 84.2 Å². The van der Waals surface area contributed by atoms with E-state index in [1.807, 2.05) is 54.6 Å². The van der Waals surface area contributed by atoms with E-state index in [2.05, 4.69) is 22.1 Å². The van der Waals surface area contributed by atoms with Gasteiger partial charge in [-0.05, 0) is 47.5 Å². The van der Waals surface area contributed by atoms with Gasteiger partial charge >= 0.3 is 6.09 Å². The average Bonchev–Trinajstić information content (AvgIpc) is 3.20. The molecule has 2 heterocycles. The highest BCUT2D eigenvalue weighted by molar-refractivity contribution is 5.71. The van der Waals surface area contributed by atoms with Crippen LogP contribution in [0, 0.1) is 23.2 Å². The van der Waals surface area contributed by atoms with Crippen molar-refractivity contribution in [3.63, 3.8) is 0 Å². The molecule has 1 saturated heterocycles. The lowest BCUT2D eigenvalue weighted by molar-refractivity contribution is 0.132. The number of methoxy groups -OCH3 is 1. The molecule has 6 nitrogen and oxygen atoms in total.